The summed E-state index contributed by atoms with van der Waals surface area (Å²) in [6.07, 6.45) is 0. The Bertz CT molecular complexity index is 518. The van der Waals surface area contributed by atoms with E-state index in [2.05, 4.69) is 22.4 Å². The van der Waals surface area contributed by atoms with Crippen molar-refractivity contribution < 1.29 is 4.74 Å². The lowest BCUT2D eigenvalue weighted by molar-refractivity contribution is 0.410. The van der Waals surface area contributed by atoms with Gasteiger partial charge < -0.3 is 4.74 Å². The number of para-hydroxylation sites is 2. The van der Waals surface area contributed by atoms with E-state index in [9.17, 15) is 0 Å². The van der Waals surface area contributed by atoms with E-state index in [4.69, 9.17) is 4.74 Å². The lowest BCUT2D eigenvalue weighted by Gasteiger charge is -2.08. The van der Waals surface area contributed by atoms with Crippen molar-refractivity contribution in [3.8, 4) is 11.4 Å². The minimum atomic E-state index is 0.764. The van der Waals surface area contributed by atoms with Crippen molar-refractivity contribution in [2.45, 2.75) is 12.1 Å². The first-order chi connectivity index (χ1) is 9.36. The normalized spacial score (nSPS) is 10.6. The summed E-state index contributed by atoms with van der Waals surface area (Å²) in [5.41, 5.74) is 0.862. The highest BCUT2D eigenvalue weighted by Crippen LogP contribution is 2.25. The molecule has 0 radical (unpaired) electrons. The first kappa shape index (κ1) is 14.2. The van der Waals surface area contributed by atoms with Crippen molar-refractivity contribution in [1.29, 1.82) is 0 Å². The Kier molecular flexibility index (Phi) is 5.53. The van der Waals surface area contributed by atoms with E-state index in [1.54, 1.807) is 23.6 Å². The molecule has 7 heteroatoms. The molecule has 2 aromatic rings. The summed E-state index contributed by atoms with van der Waals surface area (Å²) in [5, 5.41) is 12.7. The Morgan fingerprint density at radius 3 is 2.89 bits per heavy atom. The largest absolute Gasteiger partial charge is 0.494 e. The molecule has 1 aromatic heterocycles. The maximum atomic E-state index is 5.34. The highest BCUT2D eigenvalue weighted by molar-refractivity contribution is 8.02. The van der Waals surface area contributed by atoms with Gasteiger partial charge in [0.25, 0.3) is 0 Å². The molecule has 0 aliphatic rings. The van der Waals surface area contributed by atoms with Crippen LogP contribution in [0.5, 0.6) is 5.75 Å². The van der Waals surface area contributed by atoms with Gasteiger partial charge in [0.1, 0.15) is 11.4 Å². The van der Waals surface area contributed by atoms with Gasteiger partial charge in [-0.25, -0.2) is 0 Å². The first-order valence-corrected chi connectivity index (χ1v) is 8.13. The first-order valence-electron chi connectivity index (χ1n) is 5.99. The van der Waals surface area contributed by atoms with Gasteiger partial charge in [-0.05, 0) is 28.3 Å². The van der Waals surface area contributed by atoms with Crippen molar-refractivity contribution >= 4 is 23.5 Å². The van der Waals surface area contributed by atoms with E-state index in [0.717, 1.165) is 33.9 Å². The van der Waals surface area contributed by atoms with Gasteiger partial charge in [-0.2, -0.15) is 16.4 Å². The van der Waals surface area contributed by atoms with Gasteiger partial charge in [0.15, 0.2) is 0 Å². The van der Waals surface area contributed by atoms with E-state index in [-0.39, 0.29) is 0 Å². The second-order valence-electron chi connectivity index (χ2n) is 3.59. The molecule has 0 amide bonds. The third kappa shape index (κ3) is 3.63. The second kappa shape index (κ2) is 7.40. The van der Waals surface area contributed by atoms with Crippen molar-refractivity contribution in [1.82, 2.24) is 20.2 Å². The summed E-state index contributed by atoms with van der Waals surface area (Å²) >= 11 is 3.57. The fourth-order valence-electron chi connectivity index (χ4n) is 1.56. The summed E-state index contributed by atoms with van der Waals surface area (Å²) in [4.78, 5) is 0. The zero-order valence-corrected chi connectivity index (χ0v) is 12.6. The summed E-state index contributed by atoms with van der Waals surface area (Å²) in [6.45, 7) is 2.16. The molecule has 0 saturated carbocycles. The second-order valence-corrected chi connectivity index (χ2v) is 6.05. The van der Waals surface area contributed by atoms with Gasteiger partial charge >= 0.3 is 0 Å². The SMILES string of the molecule is CCSCCSc1nnnn1-c1ccccc1OC. The minimum absolute atomic E-state index is 0.764. The lowest BCUT2D eigenvalue weighted by Crippen LogP contribution is -2.02. The maximum Gasteiger partial charge on any atom is 0.214 e. The number of thioether (sulfide) groups is 2. The van der Waals surface area contributed by atoms with Gasteiger partial charge in [-0.1, -0.05) is 30.8 Å². The minimum Gasteiger partial charge on any atom is -0.494 e. The van der Waals surface area contributed by atoms with Crippen LogP contribution in [-0.2, 0) is 0 Å². The van der Waals surface area contributed by atoms with Crippen LogP contribution in [0, 0.1) is 0 Å². The van der Waals surface area contributed by atoms with Crippen LogP contribution in [-0.4, -0.2) is 44.6 Å². The summed E-state index contributed by atoms with van der Waals surface area (Å²) in [7, 11) is 1.65. The number of rotatable bonds is 7. The number of hydrogen-bond donors (Lipinski definition) is 0. The van der Waals surface area contributed by atoms with Gasteiger partial charge in [-0.3, -0.25) is 0 Å². The number of methoxy groups -OCH3 is 1. The molecule has 1 aromatic carbocycles. The third-order valence-electron chi connectivity index (χ3n) is 2.42. The molecule has 0 N–H and O–H groups in total. The van der Waals surface area contributed by atoms with Gasteiger partial charge in [-0.15, -0.1) is 5.10 Å². The van der Waals surface area contributed by atoms with Crippen molar-refractivity contribution in [2.75, 3.05) is 24.4 Å². The predicted octanol–water partition coefficient (Wildman–Crippen LogP) is 2.52. The molecule has 0 unspecified atom stereocenters. The predicted molar refractivity (Wildman–Crippen MR) is 79.4 cm³/mol. The van der Waals surface area contributed by atoms with Crippen molar-refractivity contribution in [3.63, 3.8) is 0 Å². The van der Waals surface area contributed by atoms with Crippen molar-refractivity contribution in [3.05, 3.63) is 24.3 Å². The number of ether oxygens (including phenoxy) is 1. The summed E-state index contributed by atoms with van der Waals surface area (Å²) < 4.78 is 7.06. The number of nitrogens with zero attached hydrogens (tertiary/aromatic N) is 4. The highest BCUT2D eigenvalue weighted by Gasteiger charge is 2.12. The fraction of sp³-hybridized carbons (Fsp3) is 0.417. The van der Waals surface area contributed by atoms with Crippen LogP contribution in [0.1, 0.15) is 6.92 Å². The smallest absolute Gasteiger partial charge is 0.214 e. The van der Waals surface area contributed by atoms with Crippen molar-refractivity contribution in [2.24, 2.45) is 0 Å². The maximum absolute atomic E-state index is 5.34. The molecule has 0 aliphatic carbocycles. The Morgan fingerprint density at radius 2 is 2.11 bits per heavy atom. The zero-order valence-electron chi connectivity index (χ0n) is 10.9. The molecule has 0 bridgehead atoms. The van der Waals surface area contributed by atoms with E-state index in [1.165, 1.54) is 0 Å². The molecule has 0 aliphatic heterocycles. The monoisotopic (exact) mass is 296 g/mol. The van der Waals surface area contributed by atoms with E-state index < -0.39 is 0 Å². The van der Waals surface area contributed by atoms with E-state index in [0.29, 0.717) is 0 Å². The zero-order chi connectivity index (χ0) is 13.5. The molecular weight excluding hydrogens is 280 g/mol. The Labute approximate surface area is 121 Å². The van der Waals surface area contributed by atoms with Gasteiger partial charge in [0.05, 0.1) is 7.11 Å². The molecule has 5 nitrogen and oxygen atoms in total. The topological polar surface area (TPSA) is 52.8 Å². The van der Waals surface area contributed by atoms with Crippen LogP contribution >= 0.6 is 23.5 Å². The van der Waals surface area contributed by atoms with Gasteiger partial charge in [0, 0.05) is 11.5 Å². The Balaban J connectivity index is 2.14. The van der Waals surface area contributed by atoms with E-state index in [1.807, 2.05) is 36.0 Å². The van der Waals surface area contributed by atoms with Gasteiger partial charge in [0.2, 0.25) is 5.16 Å². The quantitative estimate of drug-likeness (QED) is 0.578. The van der Waals surface area contributed by atoms with E-state index >= 15 is 0 Å². The Morgan fingerprint density at radius 1 is 1.26 bits per heavy atom. The molecule has 2 rings (SSSR count). The molecule has 0 saturated heterocycles. The van der Waals surface area contributed by atoms with Crippen LogP contribution in [0.3, 0.4) is 0 Å². The molecule has 102 valence electrons. The van der Waals surface area contributed by atoms with Crippen LogP contribution in [0.4, 0.5) is 0 Å². The number of tetrazole rings is 1. The standard InChI is InChI=1S/C12H16N4OS2/c1-3-18-8-9-19-12-13-14-15-16(12)10-6-4-5-7-11(10)17-2/h4-7H,3,8-9H2,1-2H3. The third-order valence-corrected chi connectivity index (χ3v) is 4.50. The molecular formula is C12H16N4OS2. The number of benzene rings is 1. The average Bonchev–Trinajstić information content (AvgIpc) is 2.92. The number of hydrogen-bond acceptors (Lipinski definition) is 6. The molecule has 19 heavy (non-hydrogen) atoms. The van der Waals surface area contributed by atoms with Crippen LogP contribution in [0.15, 0.2) is 29.4 Å². The molecule has 1 heterocycles. The summed E-state index contributed by atoms with van der Waals surface area (Å²) in [5.74, 6) is 3.99. The average molecular weight is 296 g/mol. The highest BCUT2D eigenvalue weighted by atomic mass is 32.2. The Hall–Kier alpha value is -1.21. The fourth-order valence-corrected chi connectivity index (χ4v) is 3.19. The molecule has 0 fully saturated rings. The summed E-state index contributed by atoms with van der Waals surface area (Å²) in [6, 6.07) is 7.72. The van der Waals surface area contributed by atoms with Crippen LogP contribution in [0.25, 0.3) is 5.69 Å². The molecule has 0 atom stereocenters. The molecule has 0 spiro atoms. The lowest BCUT2D eigenvalue weighted by atomic mass is 10.3. The van der Waals surface area contributed by atoms with Crippen LogP contribution < -0.4 is 4.74 Å². The number of aromatic nitrogens is 4. The van der Waals surface area contributed by atoms with Crippen LogP contribution in [0.2, 0.25) is 0 Å².